The Morgan fingerprint density at radius 3 is 2.29 bits per heavy atom. The highest BCUT2D eigenvalue weighted by Gasteiger charge is 2.20. The van der Waals surface area contributed by atoms with Crippen molar-refractivity contribution in [1.29, 1.82) is 0 Å². The van der Waals surface area contributed by atoms with Gasteiger partial charge in [0.05, 0.1) is 0 Å². The van der Waals surface area contributed by atoms with Crippen LogP contribution in [0.5, 0.6) is 0 Å². The van der Waals surface area contributed by atoms with E-state index >= 15 is 0 Å². The average molecular weight is 283 g/mol. The van der Waals surface area contributed by atoms with Gasteiger partial charge >= 0.3 is 0 Å². The second-order valence-electron chi connectivity index (χ2n) is 4.89. The molecule has 0 saturated heterocycles. The monoisotopic (exact) mass is 283 g/mol. The molecule has 0 amide bonds. The van der Waals surface area contributed by atoms with Gasteiger partial charge in [-0.05, 0) is 25.5 Å². The van der Waals surface area contributed by atoms with Crippen LogP contribution >= 0.6 is 0 Å². The fourth-order valence-corrected chi connectivity index (χ4v) is 2.42. The molecule has 0 heterocycles. The Morgan fingerprint density at radius 1 is 1.05 bits per heavy atom. The summed E-state index contributed by atoms with van der Waals surface area (Å²) >= 11 is 0. The van der Waals surface area contributed by atoms with E-state index < -0.39 is 6.23 Å². The third-order valence-corrected chi connectivity index (χ3v) is 3.56. The minimum Gasteiger partial charge on any atom is -0.374 e. The van der Waals surface area contributed by atoms with Crippen molar-refractivity contribution in [2.24, 2.45) is 0 Å². The maximum Gasteiger partial charge on any atom is 0.195 e. The molecule has 3 heteroatoms. The van der Waals surface area contributed by atoms with Crippen molar-refractivity contribution >= 4 is 11.5 Å². The van der Waals surface area contributed by atoms with E-state index in [-0.39, 0.29) is 5.78 Å². The van der Waals surface area contributed by atoms with E-state index in [2.05, 4.69) is 0 Å². The Morgan fingerprint density at radius 2 is 1.67 bits per heavy atom. The van der Waals surface area contributed by atoms with Crippen LogP contribution in [-0.2, 0) is 0 Å². The lowest BCUT2D eigenvalue weighted by molar-refractivity contribution is 0.103. The van der Waals surface area contributed by atoms with Crippen LogP contribution in [0.15, 0.2) is 54.6 Å². The molecule has 1 atom stereocenters. The highest BCUT2D eigenvalue weighted by molar-refractivity contribution is 6.12. The summed E-state index contributed by atoms with van der Waals surface area (Å²) in [7, 11) is 0. The number of aliphatic hydroxyl groups excluding tert-OH is 1. The predicted octanol–water partition coefficient (Wildman–Crippen LogP) is 3.47. The van der Waals surface area contributed by atoms with Gasteiger partial charge in [-0.25, -0.2) is 0 Å². The van der Waals surface area contributed by atoms with Gasteiger partial charge in [0, 0.05) is 23.4 Å². The maximum absolute atomic E-state index is 12.7. The van der Waals surface area contributed by atoms with E-state index in [1.54, 1.807) is 0 Å². The lowest BCUT2D eigenvalue weighted by atomic mass is 10.0. The molecule has 0 spiro atoms. The summed E-state index contributed by atoms with van der Waals surface area (Å²) in [6.07, 6.45) is 0.0292. The zero-order chi connectivity index (χ0) is 15.2. The van der Waals surface area contributed by atoms with Crippen molar-refractivity contribution in [1.82, 2.24) is 0 Å². The molecule has 2 aromatic rings. The van der Waals surface area contributed by atoms with E-state index in [0.717, 1.165) is 5.69 Å². The number of hydrogen-bond donors (Lipinski definition) is 1. The van der Waals surface area contributed by atoms with Gasteiger partial charge in [-0.2, -0.15) is 0 Å². The topological polar surface area (TPSA) is 40.5 Å². The molecule has 0 aliphatic heterocycles. The third-order valence-electron chi connectivity index (χ3n) is 3.56. The molecule has 0 saturated carbocycles. The predicted molar refractivity (Wildman–Crippen MR) is 85.6 cm³/mol. The molecule has 1 N–H and O–H groups in total. The number of anilines is 1. The lowest BCUT2D eigenvalue weighted by Crippen LogP contribution is -2.35. The van der Waals surface area contributed by atoms with Gasteiger partial charge in [-0.15, -0.1) is 0 Å². The fraction of sp³-hybridized carbons (Fsp3) is 0.278. The molecule has 3 nitrogen and oxygen atoms in total. The average Bonchev–Trinajstić information content (AvgIpc) is 2.56. The van der Waals surface area contributed by atoms with Crippen molar-refractivity contribution in [3.05, 3.63) is 65.7 Å². The van der Waals surface area contributed by atoms with Crippen LogP contribution in [0.4, 0.5) is 5.69 Å². The quantitative estimate of drug-likeness (QED) is 0.652. The number of nitrogens with zero attached hydrogens (tertiary/aromatic N) is 1. The molecular formula is C18H21NO2. The summed E-state index contributed by atoms with van der Waals surface area (Å²) in [5.74, 6) is -0.0204. The first-order valence-corrected chi connectivity index (χ1v) is 7.32. The van der Waals surface area contributed by atoms with Gasteiger partial charge in [0.1, 0.15) is 6.23 Å². The molecule has 0 aliphatic carbocycles. The largest absolute Gasteiger partial charge is 0.374 e. The van der Waals surface area contributed by atoms with Crippen molar-refractivity contribution in [2.45, 2.75) is 26.5 Å². The van der Waals surface area contributed by atoms with Gasteiger partial charge in [0.2, 0.25) is 0 Å². The second kappa shape index (κ2) is 7.04. The zero-order valence-electron chi connectivity index (χ0n) is 12.5. The standard InChI is InChI=1S/C18H21NO2/c1-3-17(20)19(4-2)16-13-9-8-12-15(16)18(21)14-10-6-5-7-11-14/h5-13,17,20H,3-4H2,1-2H3. The van der Waals surface area contributed by atoms with Crippen molar-refractivity contribution in [2.75, 3.05) is 11.4 Å². The third kappa shape index (κ3) is 3.31. The number of ketones is 1. The van der Waals surface area contributed by atoms with Crippen LogP contribution in [0.3, 0.4) is 0 Å². The molecule has 110 valence electrons. The summed E-state index contributed by atoms with van der Waals surface area (Å²) in [6.45, 7) is 4.55. The SMILES string of the molecule is CCC(O)N(CC)c1ccccc1C(=O)c1ccccc1. The Labute approximate surface area is 125 Å². The smallest absolute Gasteiger partial charge is 0.195 e. The maximum atomic E-state index is 12.7. The highest BCUT2D eigenvalue weighted by atomic mass is 16.3. The number of rotatable bonds is 6. The molecular weight excluding hydrogens is 262 g/mol. The Bertz CT molecular complexity index is 595. The number of para-hydroxylation sites is 1. The molecule has 2 rings (SSSR count). The first-order valence-electron chi connectivity index (χ1n) is 7.32. The van der Waals surface area contributed by atoms with E-state index in [9.17, 15) is 9.90 Å². The van der Waals surface area contributed by atoms with Gasteiger partial charge in [-0.1, -0.05) is 49.4 Å². The van der Waals surface area contributed by atoms with Crippen LogP contribution in [0.2, 0.25) is 0 Å². The second-order valence-corrected chi connectivity index (χ2v) is 4.89. The minimum atomic E-state index is -0.584. The van der Waals surface area contributed by atoms with Crippen molar-refractivity contribution < 1.29 is 9.90 Å². The minimum absolute atomic E-state index is 0.0204. The first kappa shape index (κ1) is 15.3. The van der Waals surface area contributed by atoms with E-state index in [4.69, 9.17) is 0 Å². The molecule has 2 aromatic carbocycles. The molecule has 0 fully saturated rings. The van der Waals surface area contributed by atoms with Gasteiger partial charge < -0.3 is 10.0 Å². The van der Waals surface area contributed by atoms with Crippen LogP contribution < -0.4 is 4.90 Å². The molecule has 1 unspecified atom stereocenters. The number of carbonyl (C=O) groups is 1. The number of hydrogen-bond acceptors (Lipinski definition) is 3. The highest BCUT2D eigenvalue weighted by Crippen LogP contribution is 2.25. The molecule has 0 bridgehead atoms. The van der Waals surface area contributed by atoms with E-state index in [1.165, 1.54) is 0 Å². The van der Waals surface area contributed by atoms with Crippen LogP contribution in [0.1, 0.15) is 36.2 Å². The van der Waals surface area contributed by atoms with Gasteiger partial charge in [0.25, 0.3) is 0 Å². The Hall–Kier alpha value is -2.13. The van der Waals surface area contributed by atoms with Crippen LogP contribution in [0, 0.1) is 0 Å². The number of carbonyl (C=O) groups excluding carboxylic acids is 1. The van der Waals surface area contributed by atoms with Gasteiger partial charge in [-0.3, -0.25) is 4.79 Å². The molecule has 21 heavy (non-hydrogen) atoms. The summed E-state index contributed by atoms with van der Waals surface area (Å²) in [5.41, 5.74) is 2.06. The summed E-state index contributed by atoms with van der Waals surface area (Å²) in [5, 5.41) is 10.2. The molecule has 0 aromatic heterocycles. The van der Waals surface area contributed by atoms with Crippen LogP contribution in [-0.4, -0.2) is 23.7 Å². The molecule has 0 aliphatic rings. The van der Waals surface area contributed by atoms with Crippen molar-refractivity contribution in [3.8, 4) is 0 Å². The van der Waals surface area contributed by atoms with E-state index in [0.29, 0.717) is 24.1 Å². The summed E-state index contributed by atoms with van der Waals surface area (Å²) in [4.78, 5) is 14.5. The number of aliphatic hydroxyl groups is 1. The fourth-order valence-electron chi connectivity index (χ4n) is 2.42. The van der Waals surface area contributed by atoms with E-state index in [1.807, 2.05) is 73.3 Å². The molecule has 0 radical (unpaired) electrons. The lowest BCUT2D eigenvalue weighted by Gasteiger charge is -2.29. The van der Waals surface area contributed by atoms with Gasteiger partial charge in [0.15, 0.2) is 5.78 Å². The Balaban J connectivity index is 2.43. The summed E-state index contributed by atoms with van der Waals surface area (Å²) in [6, 6.07) is 16.7. The summed E-state index contributed by atoms with van der Waals surface area (Å²) < 4.78 is 0. The number of benzene rings is 2. The first-order chi connectivity index (χ1) is 10.2. The van der Waals surface area contributed by atoms with Crippen LogP contribution in [0.25, 0.3) is 0 Å². The Kier molecular flexibility index (Phi) is 5.12. The van der Waals surface area contributed by atoms with Crippen molar-refractivity contribution in [3.63, 3.8) is 0 Å². The zero-order valence-corrected chi connectivity index (χ0v) is 12.5. The normalized spacial score (nSPS) is 12.0.